The van der Waals surface area contributed by atoms with Crippen molar-refractivity contribution >= 4 is 5.91 Å². The maximum atomic E-state index is 12.6. The molecule has 0 saturated heterocycles. The molecule has 0 spiro atoms. The van der Waals surface area contributed by atoms with Gasteiger partial charge < -0.3 is 9.64 Å². The third kappa shape index (κ3) is 4.72. The van der Waals surface area contributed by atoms with Crippen molar-refractivity contribution in [3.8, 4) is 5.75 Å². The van der Waals surface area contributed by atoms with Crippen LogP contribution in [0.1, 0.15) is 30.4 Å². The van der Waals surface area contributed by atoms with Crippen LogP contribution in [0.5, 0.6) is 5.75 Å². The molecule has 0 N–H and O–H groups in total. The first-order valence-electron chi connectivity index (χ1n) is 8.08. The van der Waals surface area contributed by atoms with Gasteiger partial charge in [-0.2, -0.15) is 0 Å². The molecular weight excluding hydrogens is 298 g/mol. The smallest absolute Gasteiger partial charge is 0.223 e. The third-order valence-corrected chi connectivity index (χ3v) is 4.03. The number of methoxy groups -OCH3 is 1. The monoisotopic (exact) mass is 323 g/mol. The van der Waals surface area contributed by atoms with Crippen molar-refractivity contribution in [2.75, 3.05) is 20.7 Å². The van der Waals surface area contributed by atoms with Crippen LogP contribution in [0.4, 0.5) is 0 Å². The van der Waals surface area contributed by atoms with Crippen LogP contribution in [0.3, 0.4) is 0 Å². The first-order chi connectivity index (χ1) is 11.5. The summed E-state index contributed by atoms with van der Waals surface area (Å²) in [6.07, 6.45) is 0.431. The van der Waals surface area contributed by atoms with Crippen molar-refractivity contribution in [3.63, 3.8) is 0 Å². The zero-order chi connectivity index (χ0) is 17.5. The fourth-order valence-electron chi connectivity index (χ4n) is 2.77. The van der Waals surface area contributed by atoms with E-state index in [0.29, 0.717) is 13.0 Å². The summed E-state index contributed by atoms with van der Waals surface area (Å²) in [6, 6.07) is 18.1. The molecule has 0 aliphatic carbocycles. The lowest BCUT2D eigenvalue weighted by Crippen LogP contribution is -2.29. The number of ether oxygens (including phenoxy) is 1. The zero-order valence-corrected chi connectivity index (χ0v) is 14.7. The van der Waals surface area contributed by atoms with E-state index in [1.54, 1.807) is 12.0 Å². The van der Waals surface area contributed by atoms with Gasteiger partial charge in [-0.3, -0.25) is 4.79 Å². The van der Waals surface area contributed by atoms with Gasteiger partial charge in [-0.25, -0.2) is 0 Å². The fourth-order valence-corrected chi connectivity index (χ4v) is 2.77. The Labute approximate surface area is 144 Å². The number of hydrogen-bond acceptors (Lipinski definition) is 2. The molecule has 2 aromatic rings. The van der Waals surface area contributed by atoms with Crippen LogP contribution in [0.25, 0.3) is 0 Å². The summed E-state index contributed by atoms with van der Waals surface area (Å²) in [4.78, 5) is 14.4. The largest absolute Gasteiger partial charge is 0.497 e. The second-order valence-corrected chi connectivity index (χ2v) is 6.15. The lowest BCUT2D eigenvalue weighted by Gasteiger charge is -2.23. The Morgan fingerprint density at radius 1 is 1.08 bits per heavy atom. The van der Waals surface area contributed by atoms with Gasteiger partial charge in [0.1, 0.15) is 5.75 Å². The molecule has 126 valence electrons. The Balaban J connectivity index is 2.26. The maximum absolute atomic E-state index is 12.6. The van der Waals surface area contributed by atoms with Crippen molar-refractivity contribution in [3.05, 3.63) is 77.9 Å². The minimum atomic E-state index is 0.0252. The second kappa shape index (κ2) is 8.34. The van der Waals surface area contributed by atoms with E-state index in [2.05, 4.69) is 18.7 Å². The molecule has 0 unspecified atom stereocenters. The summed E-state index contributed by atoms with van der Waals surface area (Å²) >= 11 is 0. The van der Waals surface area contributed by atoms with E-state index in [1.165, 1.54) is 0 Å². The summed E-state index contributed by atoms with van der Waals surface area (Å²) in [5, 5.41) is 0. The van der Waals surface area contributed by atoms with Gasteiger partial charge >= 0.3 is 0 Å². The molecule has 1 amide bonds. The molecule has 1 atom stereocenters. The summed E-state index contributed by atoms with van der Waals surface area (Å²) < 4.78 is 5.23. The van der Waals surface area contributed by atoms with Gasteiger partial charge in [0.25, 0.3) is 0 Å². The van der Waals surface area contributed by atoms with Gasteiger partial charge in [-0.05, 0) is 30.2 Å². The molecule has 0 aromatic heterocycles. The number of rotatable bonds is 7. The van der Waals surface area contributed by atoms with Crippen LogP contribution >= 0.6 is 0 Å². The maximum Gasteiger partial charge on any atom is 0.223 e. The number of amides is 1. The zero-order valence-electron chi connectivity index (χ0n) is 14.7. The summed E-state index contributed by atoms with van der Waals surface area (Å²) in [7, 11) is 3.48. The summed E-state index contributed by atoms with van der Waals surface area (Å²) in [6.45, 7) is 6.40. The van der Waals surface area contributed by atoms with Crippen molar-refractivity contribution in [1.29, 1.82) is 0 Å². The van der Waals surface area contributed by atoms with Crippen LogP contribution in [-0.4, -0.2) is 31.5 Å². The van der Waals surface area contributed by atoms with E-state index in [1.807, 2.05) is 56.4 Å². The Morgan fingerprint density at radius 2 is 1.67 bits per heavy atom. The molecule has 0 aliphatic heterocycles. The molecular formula is C21H25NO2. The standard InChI is InChI=1S/C21H25NO2/c1-16(2)15-22(3)21(23)14-20(17-8-6-5-7-9-17)18-10-12-19(24-4)13-11-18/h5-13,20H,1,14-15H2,2-4H3/t20-/m1/s1. The van der Waals surface area contributed by atoms with Gasteiger partial charge in [0.05, 0.1) is 7.11 Å². The number of likely N-dealkylation sites (N-methyl/N-ethyl adjacent to an activating group) is 1. The normalized spacial score (nSPS) is 11.6. The molecule has 0 bridgehead atoms. The second-order valence-electron chi connectivity index (χ2n) is 6.15. The van der Waals surface area contributed by atoms with E-state index in [9.17, 15) is 4.79 Å². The van der Waals surface area contributed by atoms with Crippen molar-refractivity contribution < 1.29 is 9.53 Å². The Kier molecular flexibility index (Phi) is 6.19. The number of carbonyl (C=O) groups excluding carboxylic acids is 1. The average Bonchev–Trinajstić information content (AvgIpc) is 2.59. The van der Waals surface area contributed by atoms with E-state index in [-0.39, 0.29) is 11.8 Å². The molecule has 3 heteroatoms. The number of hydrogen-bond donors (Lipinski definition) is 0. The third-order valence-electron chi connectivity index (χ3n) is 4.03. The van der Waals surface area contributed by atoms with Gasteiger partial charge in [-0.1, -0.05) is 54.6 Å². The highest BCUT2D eigenvalue weighted by Gasteiger charge is 2.20. The molecule has 0 fully saturated rings. The predicted octanol–water partition coefficient (Wildman–Crippen LogP) is 4.25. The first-order valence-corrected chi connectivity index (χ1v) is 8.08. The lowest BCUT2D eigenvalue weighted by atomic mass is 9.88. The van der Waals surface area contributed by atoms with E-state index < -0.39 is 0 Å². The van der Waals surface area contributed by atoms with Crippen LogP contribution in [0, 0.1) is 0 Å². The van der Waals surface area contributed by atoms with Crippen LogP contribution in [-0.2, 0) is 4.79 Å². The van der Waals surface area contributed by atoms with Gasteiger partial charge in [-0.15, -0.1) is 0 Å². The average molecular weight is 323 g/mol. The Bertz CT molecular complexity index is 677. The van der Waals surface area contributed by atoms with Crippen molar-refractivity contribution in [1.82, 2.24) is 4.90 Å². The molecule has 0 saturated carbocycles. The first kappa shape index (κ1) is 17.8. The van der Waals surface area contributed by atoms with Gasteiger partial charge in [0.15, 0.2) is 0 Å². The molecule has 2 aromatic carbocycles. The minimum Gasteiger partial charge on any atom is -0.497 e. The number of nitrogens with zero attached hydrogens (tertiary/aromatic N) is 1. The predicted molar refractivity (Wildman–Crippen MR) is 98.3 cm³/mol. The van der Waals surface area contributed by atoms with Crippen molar-refractivity contribution in [2.24, 2.45) is 0 Å². The molecule has 3 nitrogen and oxygen atoms in total. The van der Waals surface area contributed by atoms with E-state index in [4.69, 9.17) is 4.74 Å². The number of benzene rings is 2. The molecule has 0 heterocycles. The van der Waals surface area contributed by atoms with E-state index >= 15 is 0 Å². The van der Waals surface area contributed by atoms with Crippen LogP contribution < -0.4 is 4.74 Å². The Hall–Kier alpha value is -2.55. The Morgan fingerprint density at radius 3 is 2.21 bits per heavy atom. The van der Waals surface area contributed by atoms with Crippen LogP contribution in [0.2, 0.25) is 0 Å². The van der Waals surface area contributed by atoms with Crippen LogP contribution in [0.15, 0.2) is 66.7 Å². The van der Waals surface area contributed by atoms with Gasteiger partial charge in [0, 0.05) is 25.9 Å². The minimum absolute atomic E-state index is 0.0252. The summed E-state index contributed by atoms with van der Waals surface area (Å²) in [5.74, 6) is 0.955. The molecule has 0 radical (unpaired) electrons. The highest BCUT2D eigenvalue weighted by molar-refractivity contribution is 5.77. The molecule has 24 heavy (non-hydrogen) atoms. The SMILES string of the molecule is C=C(C)CN(C)C(=O)C[C@H](c1ccccc1)c1ccc(OC)cc1. The quantitative estimate of drug-likeness (QED) is 0.713. The number of carbonyl (C=O) groups is 1. The molecule has 0 aliphatic rings. The summed E-state index contributed by atoms with van der Waals surface area (Å²) in [5.41, 5.74) is 3.23. The van der Waals surface area contributed by atoms with Gasteiger partial charge in [0.2, 0.25) is 5.91 Å². The fraction of sp³-hybridized carbons (Fsp3) is 0.286. The highest BCUT2D eigenvalue weighted by Crippen LogP contribution is 2.29. The van der Waals surface area contributed by atoms with Crippen molar-refractivity contribution in [2.45, 2.75) is 19.3 Å². The molecule has 2 rings (SSSR count). The highest BCUT2D eigenvalue weighted by atomic mass is 16.5. The topological polar surface area (TPSA) is 29.5 Å². The lowest BCUT2D eigenvalue weighted by molar-refractivity contribution is -0.129. The van der Waals surface area contributed by atoms with E-state index in [0.717, 1.165) is 22.4 Å².